The van der Waals surface area contributed by atoms with Gasteiger partial charge in [0.1, 0.15) is 23.0 Å². The molecule has 1 saturated heterocycles. The van der Waals surface area contributed by atoms with Crippen molar-refractivity contribution >= 4 is 22.8 Å². The van der Waals surface area contributed by atoms with E-state index in [9.17, 15) is 22.4 Å². The highest BCUT2D eigenvalue weighted by molar-refractivity contribution is 5.99. The van der Waals surface area contributed by atoms with Crippen LogP contribution in [0.4, 0.5) is 17.6 Å². The maximum atomic E-state index is 14.1. The Morgan fingerprint density at radius 3 is 2.26 bits per heavy atom. The van der Waals surface area contributed by atoms with Crippen molar-refractivity contribution in [2.45, 2.75) is 25.6 Å². The number of carboxylic acid groups (broad SMARTS) is 1. The minimum absolute atomic E-state index is 0.224. The molecule has 0 spiro atoms. The van der Waals surface area contributed by atoms with Crippen LogP contribution < -0.4 is 14.8 Å². The quantitative estimate of drug-likeness (QED) is 0.379. The fraction of sp³-hybridized carbons (Fsp3) is 0.385. The van der Waals surface area contributed by atoms with Crippen LogP contribution in [0, 0.1) is 11.7 Å². The number of ether oxygens (including phenoxy) is 2. The molecule has 3 N–H and O–H groups in total. The largest absolute Gasteiger partial charge is 0.497 e. The van der Waals surface area contributed by atoms with E-state index in [2.05, 4.69) is 27.3 Å². The number of rotatable bonds is 7. The number of nitrogens with one attached hydrogen (secondary N) is 2. The van der Waals surface area contributed by atoms with Gasteiger partial charge in [-0.1, -0.05) is 12.1 Å². The predicted molar refractivity (Wildman–Crippen MR) is 132 cm³/mol. The van der Waals surface area contributed by atoms with Gasteiger partial charge in [-0.3, -0.25) is 9.69 Å². The number of aliphatic carboxylic acids is 1. The predicted octanol–water partition coefficient (Wildman–Crippen LogP) is 4.60. The Hall–Kier alpha value is -3.80. The van der Waals surface area contributed by atoms with E-state index in [0.29, 0.717) is 34.8 Å². The number of nitrogens with zero attached hydrogens (tertiary/aromatic N) is 1. The van der Waals surface area contributed by atoms with Gasteiger partial charge in [0.05, 0.1) is 19.7 Å². The molecule has 1 aromatic heterocycles. The first-order valence-corrected chi connectivity index (χ1v) is 11.8. The van der Waals surface area contributed by atoms with Crippen LogP contribution >= 0.6 is 0 Å². The van der Waals surface area contributed by atoms with Crippen molar-refractivity contribution in [3.8, 4) is 11.5 Å². The molecule has 38 heavy (non-hydrogen) atoms. The second kappa shape index (κ2) is 12.6. The van der Waals surface area contributed by atoms with E-state index in [1.54, 1.807) is 19.2 Å². The average Bonchev–Trinajstić information content (AvgIpc) is 3.35. The van der Waals surface area contributed by atoms with E-state index in [1.165, 1.54) is 18.7 Å². The smallest absolute Gasteiger partial charge is 0.490 e. The standard InChI is InChI=1S/C24H28FN3O3.C2HF3O2/c1-30-18-5-3-17(4-6-18)15-28-11-9-16(10-12-28)14-26-24(29)21-13-19-20(25)7-8-22(31-2)23(19)27-21;3-2(4,5)1(6)7/h3-8,13,16,27H,9-12,14-15H2,1-2H3,(H,26,29);(H,6,7). The molecule has 1 amide bonds. The second-order valence-corrected chi connectivity index (χ2v) is 8.80. The number of benzene rings is 2. The van der Waals surface area contributed by atoms with Gasteiger partial charge >= 0.3 is 12.1 Å². The number of hydrogen-bond acceptors (Lipinski definition) is 5. The number of methoxy groups -OCH3 is 2. The first-order chi connectivity index (χ1) is 18.0. The third kappa shape index (κ3) is 7.60. The molecule has 0 atom stereocenters. The summed E-state index contributed by atoms with van der Waals surface area (Å²) in [6.45, 7) is 3.54. The average molecular weight is 540 g/mol. The molecule has 1 aliphatic heterocycles. The van der Waals surface area contributed by atoms with Crippen LogP contribution in [0.1, 0.15) is 28.9 Å². The van der Waals surface area contributed by atoms with Crippen LogP contribution in [0.3, 0.4) is 0 Å². The van der Waals surface area contributed by atoms with Crippen LogP contribution in [0.5, 0.6) is 11.5 Å². The molecule has 3 aromatic rings. The summed E-state index contributed by atoms with van der Waals surface area (Å²) in [4.78, 5) is 26.9. The van der Waals surface area contributed by atoms with Gasteiger partial charge in [-0.25, -0.2) is 9.18 Å². The molecule has 0 radical (unpaired) electrons. The molecular weight excluding hydrogens is 510 g/mol. The first-order valence-electron chi connectivity index (χ1n) is 11.8. The number of aromatic amines is 1. The van der Waals surface area contributed by atoms with Gasteiger partial charge in [0.25, 0.3) is 5.91 Å². The highest BCUT2D eigenvalue weighted by Gasteiger charge is 2.38. The molecule has 206 valence electrons. The first kappa shape index (κ1) is 28.8. The molecular formula is C26H29F4N3O5. The number of fused-ring (bicyclic) bond motifs is 1. The third-order valence-electron chi connectivity index (χ3n) is 6.23. The molecule has 0 aliphatic carbocycles. The van der Waals surface area contributed by atoms with Crippen molar-refractivity contribution in [2.24, 2.45) is 5.92 Å². The number of carbonyl (C=O) groups is 2. The normalized spacial score (nSPS) is 14.5. The number of H-pyrrole nitrogens is 1. The van der Waals surface area contributed by atoms with Crippen LogP contribution in [-0.2, 0) is 11.3 Å². The van der Waals surface area contributed by atoms with Gasteiger partial charge < -0.3 is 24.9 Å². The lowest BCUT2D eigenvalue weighted by Gasteiger charge is -2.32. The van der Waals surface area contributed by atoms with Crippen LogP contribution in [0.25, 0.3) is 10.9 Å². The SMILES string of the molecule is COc1ccc(CN2CCC(CNC(=O)c3cc4c(F)ccc(OC)c4[nH]3)CC2)cc1.O=C(O)C(F)(F)F. The number of likely N-dealkylation sites (tertiary alicyclic amines) is 1. The van der Waals surface area contributed by atoms with Crippen LogP contribution in [-0.4, -0.2) is 66.9 Å². The Morgan fingerprint density at radius 2 is 1.71 bits per heavy atom. The Bertz CT molecular complexity index is 1240. The number of carbonyl (C=O) groups excluding carboxylic acids is 1. The van der Waals surface area contributed by atoms with Gasteiger partial charge in [-0.05, 0) is 67.7 Å². The zero-order valence-corrected chi connectivity index (χ0v) is 20.9. The summed E-state index contributed by atoms with van der Waals surface area (Å²) < 4.78 is 56.3. The topological polar surface area (TPSA) is 104 Å². The fourth-order valence-electron chi connectivity index (χ4n) is 4.12. The summed E-state index contributed by atoms with van der Waals surface area (Å²) >= 11 is 0. The highest BCUT2D eigenvalue weighted by atomic mass is 19.4. The van der Waals surface area contributed by atoms with Crippen molar-refractivity contribution in [3.05, 3.63) is 59.5 Å². The Morgan fingerprint density at radius 1 is 1.08 bits per heavy atom. The Labute approximate surface area is 216 Å². The maximum absolute atomic E-state index is 14.1. The molecule has 1 fully saturated rings. The summed E-state index contributed by atoms with van der Waals surface area (Å²) in [5.41, 5.74) is 2.11. The van der Waals surface area contributed by atoms with Crippen molar-refractivity contribution < 1.29 is 41.7 Å². The van der Waals surface area contributed by atoms with Crippen molar-refractivity contribution in [3.63, 3.8) is 0 Å². The Balaban J connectivity index is 0.000000505. The minimum atomic E-state index is -5.08. The van der Waals surface area contributed by atoms with Crippen molar-refractivity contribution in [1.82, 2.24) is 15.2 Å². The number of piperidine rings is 1. The van der Waals surface area contributed by atoms with E-state index < -0.39 is 12.1 Å². The van der Waals surface area contributed by atoms with Crippen LogP contribution in [0.15, 0.2) is 42.5 Å². The van der Waals surface area contributed by atoms with Crippen molar-refractivity contribution in [2.75, 3.05) is 33.9 Å². The highest BCUT2D eigenvalue weighted by Crippen LogP contribution is 2.28. The second-order valence-electron chi connectivity index (χ2n) is 8.80. The number of alkyl halides is 3. The molecule has 8 nitrogen and oxygen atoms in total. The summed E-state index contributed by atoms with van der Waals surface area (Å²) in [6, 6.07) is 12.6. The number of hydrogen-bond donors (Lipinski definition) is 3. The lowest BCUT2D eigenvalue weighted by atomic mass is 9.96. The van der Waals surface area contributed by atoms with E-state index in [4.69, 9.17) is 19.4 Å². The van der Waals surface area contributed by atoms with Gasteiger partial charge in [0.15, 0.2) is 0 Å². The molecule has 0 saturated carbocycles. The van der Waals surface area contributed by atoms with E-state index in [0.717, 1.165) is 38.2 Å². The fourth-order valence-corrected chi connectivity index (χ4v) is 4.12. The molecule has 4 rings (SSSR count). The monoisotopic (exact) mass is 539 g/mol. The number of aromatic nitrogens is 1. The molecule has 1 aliphatic rings. The van der Waals surface area contributed by atoms with Crippen molar-refractivity contribution in [1.29, 1.82) is 0 Å². The number of amides is 1. The number of halogens is 4. The lowest BCUT2D eigenvalue weighted by Crippen LogP contribution is -2.38. The van der Waals surface area contributed by atoms with E-state index in [-0.39, 0.29) is 11.7 Å². The zero-order chi connectivity index (χ0) is 27.9. The molecule has 0 unspecified atom stereocenters. The molecule has 2 heterocycles. The van der Waals surface area contributed by atoms with E-state index >= 15 is 0 Å². The van der Waals surface area contributed by atoms with Gasteiger partial charge in [-0.2, -0.15) is 13.2 Å². The summed E-state index contributed by atoms with van der Waals surface area (Å²) in [6.07, 6.45) is -3.02. The molecule has 2 aromatic carbocycles. The number of carboxylic acids is 1. The maximum Gasteiger partial charge on any atom is 0.490 e. The van der Waals surface area contributed by atoms with Gasteiger partial charge in [0.2, 0.25) is 0 Å². The summed E-state index contributed by atoms with van der Waals surface area (Å²) in [5.74, 6) is -1.54. The zero-order valence-electron chi connectivity index (χ0n) is 20.9. The molecule has 12 heteroatoms. The van der Waals surface area contributed by atoms with Gasteiger partial charge in [-0.15, -0.1) is 0 Å². The minimum Gasteiger partial charge on any atom is -0.497 e. The lowest BCUT2D eigenvalue weighted by molar-refractivity contribution is -0.192. The van der Waals surface area contributed by atoms with Gasteiger partial charge in [0, 0.05) is 18.5 Å². The summed E-state index contributed by atoms with van der Waals surface area (Å²) in [5, 5.41) is 10.5. The van der Waals surface area contributed by atoms with Crippen LogP contribution in [0.2, 0.25) is 0 Å². The Kier molecular flexibility index (Phi) is 9.56. The summed E-state index contributed by atoms with van der Waals surface area (Å²) in [7, 11) is 3.19. The third-order valence-corrected chi connectivity index (χ3v) is 6.23. The van der Waals surface area contributed by atoms with E-state index in [1.807, 2.05) is 12.1 Å². The molecule has 0 bridgehead atoms.